The van der Waals surface area contributed by atoms with Crippen molar-refractivity contribution in [1.82, 2.24) is 15.2 Å². The van der Waals surface area contributed by atoms with Crippen LogP contribution in [0.1, 0.15) is 37.1 Å². The van der Waals surface area contributed by atoms with Gasteiger partial charge in [0.2, 0.25) is 0 Å². The number of aromatic nitrogens is 1. The Bertz CT molecular complexity index is 376. The molecule has 100 valence electrons. The number of rotatable bonds is 3. The van der Waals surface area contributed by atoms with Gasteiger partial charge in [-0.25, -0.2) is 4.98 Å². The minimum atomic E-state index is 0.793. The lowest BCUT2D eigenvalue weighted by molar-refractivity contribution is 0.155. The highest BCUT2D eigenvalue weighted by molar-refractivity contribution is 5.04. The maximum absolute atomic E-state index is 5.26. The van der Waals surface area contributed by atoms with Crippen molar-refractivity contribution in [3.63, 3.8) is 0 Å². The minimum Gasteiger partial charge on any atom is -0.448 e. The predicted molar refractivity (Wildman–Crippen MR) is 70.3 cm³/mol. The van der Waals surface area contributed by atoms with Crippen LogP contribution < -0.4 is 5.32 Å². The van der Waals surface area contributed by atoms with E-state index in [0.717, 1.165) is 30.0 Å². The van der Waals surface area contributed by atoms with Crippen molar-refractivity contribution in [2.75, 3.05) is 19.6 Å². The van der Waals surface area contributed by atoms with E-state index >= 15 is 0 Å². The average Bonchev–Trinajstić information content (AvgIpc) is 3.03. The van der Waals surface area contributed by atoms with E-state index in [-0.39, 0.29) is 0 Å². The number of nitrogens with zero attached hydrogens (tertiary/aromatic N) is 2. The van der Waals surface area contributed by atoms with Crippen LogP contribution in [0.2, 0.25) is 0 Å². The van der Waals surface area contributed by atoms with Crippen LogP contribution in [-0.2, 0) is 6.54 Å². The Morgan fingerprint density at radius 2 is 2.22 bits per heavy atom. The topological polar surface area (TPSA) is 41.3 Å². The fourth-order valence-corrected chi connectivity index (χ4v) is 3.32. The van der Waals surface area contributed by atoms with E-state index in [1.165, 1.54) is 45.3 Å². The first-order chi connectivity index (χ1) is 8.83. The van der Waals surface area contributed by atoms with Gasteiger partial charge in [-0.15, -0.1) is 0 Å². The van der Waals surface area contributed by atoms with Crippen LogP contribution in [0, 0.1) is 12.8 Å². The van der Waals surface area contributed by atoms with Gasteiger partial charge in [-0.2, -0.15) is 0 Å². The second kappa shape index (κ2) is 5.41. The third-order valence-corrected chi connectivity index (χ3v) is 4.52. The molecule has 4 nitrogen and oxygen atoms in total. The molecule has 0 bridgehead atoms. The van der Waals surface area contributed by atoms with Crippen LogP contribution in [0.3, 0.4) is 0 Å². The van der Waals surface area contributed by atoms with Gasteiger partial charge in [-0.1, -0.05) is 0 Å². The highest BCUT2D eigenvalue weighted by atomic mass is 16.3. The molecular formula is C14H23N3O. The van der Waals surface area contributed by atoms with Gasteiger partial charge in [0.05, 0.1) is 5.69 Å². The lowest BCUT2D eigenvalue weighted by Gasteiger charge is -2.34. The summed E-state index contributed by atoms with van der Waals surface area (Å²) in [7, 11) is 0. The zero-order valence-electron chi connectivity index (χ0n) is 11.2. The zero-order valence-corrected chi connectivity index (χ0v) is 11.2. The van der Waals surface area contributed by atoms with Gasteiger partial charge in [0, 0.05) is 12.6 Å². The van der Waals surface area contributed by atoms with Crippen molar-refractivity contribution in [2.45, 2.75) is 45.2 Å². The van der Waals surface area contributed by atoms with Crippen molar-refractivity contribution in [3.05, 3.63) is 17.8 Å². The maximum Gasteiger partial charge on any atom is 0.181 e. The SMILES string of the molecule is Cc1ocnc1CN1CCC(C2CCCN2)CC1. The molecule has 0 saturated carbocycles. The average molecular weight is 249 g/mol. The van der Waals surface area contributed by atoms with E-state index in [4.69, 9.17) is 4.42 Å². The molecular weight excluding hydrogens is 226 g/mol. The van der Waals surface area contributed by atoms with Crippen LogP contribution >= 0.6 is 0 Å². The van der Waals surface area contributed by atoms with Crippen LogP contribution in [0.4, 0.5) is 0 Å². The highest BCUT2D eigenvalue weighted by Crippen LogP contribution is 2.26. The first-order valence-electron chi connectivity index (χ1n) is 7.17. The molecule has 2 saturated heterocycles. The molecule has 1 atom stereocenters. The van der Waals surface area contributed by atoms with Crippen LogP contribution in [0.25, 0.3) is 0 Å². The summed E-state index contributed by atoms with van der Waals surface area (Å²) in [6.07, 6.45) is 6.96. The molecule has 2 fully saturated rings. The number of aryl methyl sites for hydroxylation is 1. The molecule has 1 aromatic heterocycles. The number of piperidine rings is 1. The van der Waals surface area contributed by atoms with Crippen molar-refractivity contribution in [1.29, 1.82) is 0 Å². The molecule has 1 unspecified atom stereocenters. The Balaban J connectivity index is 1.49. The normalized spacial score (nSPS) is 26.8. The lowest BCUT2D eigenvalue weighted by atomic mass is 9.88. The summed E-state index contributed by atoms with van der Waals surface area (Å²) in [6.45, 7) is 6.58. The Labute approximate surface area is 109 Å². The molecule has 18 heavy (non-hydrogen) atoms. The molecule has 0 amide bonds. The number of hydrogen-bond acceptors (Lipinski definition) is 4. The van der Waals surface area contributed by atoms with E-state index in [9.17, 15) is 0 Å². The molecule has 1 N–H and O–H groups in total. The van der Waals surface area contributed by atoms with Gasteiger partial charge in [0.25, 0.3) is 0 Å². The van der Waals surface area contributed by atoms with Crippen molar-refractivity contribution >= 4 is 0 Å². The summed E-state index contributed by atoms with van der Waals surface area (Å²) in [5.74, 6) is 1.86. The minimum absolute atomic E-state index is 0.793. The van der Waals surface area contributed by atoms with Gasteiger partial charge in [-0.3, -0.25) is 4.90 Å². The number of oxazole rings is 1. The lowest BCUT2D eigenvalue weighted by Crippen LogP contribution is -2.40. The summed E-state index contributed by atoms with van der Waals surface area (Å²) in [4.78, 5) is 6.80. The molecule has 1 aromatic rings. The Kier molecular flexibility index (Phi) is 3.66. The number of hydrogen-bond donors (Lipinski definition) is 1. The van der Waals surface area contributed by atoms with Gasteiger partial charge in [0.1, 0.15) is 5.76 Å². The number of nitrogens with one attached hydrogen (secondary N) is 1. The Hall–Kier alpha value is -0.870. The van der Waals surface area contributed by atoms with Gasteiger partial charge in [-0.05, 0) is 58.2 Å². The van der Waals surface area contributed by atoms with Crippen molar-refractivity contribution in [3.8, 4) is 0 Å². The smallest absolute Gasteiger partial charge is 0.181 e. The highest BCUT2D eigenvalue weighted by Gasteiger charge is 2.28. The van der Waals surface area contributed by atoms with E-state index in [2.05, 4.69) is 15.2 Å². The van der Waals surface area contributed by atoms with Crippen LogP contribution in [0.15, 0.2) is 10.8 Å². The fraction of sp³-hybridized carbons (Fsp3) is 0.786. The molecule has 2 aliphatic heterocycles. The van der Waals surface area contributed by atoms with Gasteiger partial charge >= 0.3 is 0 Å². The summed E-state index contributed by atoms with van der Waals surface area (Å²) in [6, 6.07) is 0.793. The molecule has 0 aromatic carbocycles. The maximum atomic E-state index is 5.26. The molecule has 0 aliphatic carbocycles. The summed E-state index contributed by atoms with van der Waals surface area (Å²) in [5, 5.41) is 3.65. The van der Waals surface area contributed by atoms with Crippen molar-refractivity contribution < 1.29 is 4.42 Å². The number of likely N-dealkylation sites (tertiary alicyclic amines) is 1. The molecule has 4 heteroatoms. The monoisotopic (exact) mass is 249 g/mol. The first-order valence-corrected chi connectivity index (χ1v) is 7.17. The van der Waals surface area contributed by atoms with Crippen molar-refractivity contribution in [2.24, 2.45) is 5.92 Å². The van der Waals surface area contributed by atoms with Crippen LogP contribution in [0.5, 0.6) is 0 Å². The third kappa shape index (κ3) is 2.59. The Morgan fingerprint density at radius 3 is 2.83 bits per heavy atom. The van der Waals surface area contributed by atoms with E-state index in [0.29, 0.717) is 0 Å². The third-order valence-electron chi connectivity index (χ3n) is 4.52. The molecule has 3 rings (SSSR count). The fourth-order valence-electron chi connectivity index (χ4n) is 3.32. The summed E-state index contributed by atoms with van der Waals surface area (Å²) >= 11 is 0. The molecule has 0 spiro atoms. The molecule has 0 radical (unpaired) electrons. The van der Waals surface area contributed by atoms with Crippen LogP contribution in [-0.4, -0.2) is 35.6 Å². The largest absolute Gasteiger partial charge is 0.448 e. The molecule has 2 aliphatic rings. The molecule has 3 heterocycles. The second-order valence-electron chi connectivity index (χ2n) is 5.67. The van der Waals surface area contributed by atoms with E-state index in [1.54, 1.807) is 6.39 Å². The second-order valence-corrected chi connectivity index (χ2v) is 5.67. The van der Waals surface area contributed by atoms with E-state index in [1.807, 2.05) is 6.92 Å². The Morgan fingerprint density at radius 1 is 1.39 bits per heavy atom. The zero-order chi connectivity index (χ0) is 12.4. The quantitative estimate of drug-likeness (QED) is 0.889. The summed E-state index contributed by atoms with van der Waals surface area (Å²) < 4.78 is 5.26. The predicted octanol–water partition coefficient (Wildman–Crippen LogP) is 1.95. The first kappa shape index (κ1) is 12.2. The summed E-state index contributed by atoms with van der Waals surface area (Å²) in [5.41, 5.74) is 1.10. The van der Waals surface area contributed by atoms with Gasteiger partial charge in [0.15, 0.2) is 6.39 Å². The standard InChI is InChI=1S/C14H23N3O/c1-11-14(16-10-18-11)9-17-7-4-12(5-8-17)13-3-2-6-15-13/h10,12-13,15H,2-9H2,1H3. The van der Waals surface area contributed by atoms with E-state index < -0.39 is 0 Å². The van der Waals surface area contributed by atoms with Gasteiger partial charge < -0.3 is 9.73 Å².